The molecule has 1 amide bonds. The van der Waals surface area contributed by atoms with Crippen LogP contribution in [0, 0.1) is 0 Å². The molecule has 1 aliphatic rings. The highest BCUT2D eigenvalue weighted by atomic mass is 35.5. The molecule has 2 heterocycles. The van der Waals surface area contributed by atoms with Crippen LogP contribution in [0.5, 0.6) is 0 Å². The van der Waals surface area contributed by atoms with Crippen molar-refractivity contribution in [2.75, 3.05) is 13.1 Å². The van der Waals surface area contributed by atoms with E-state index in [4.69, 9.17) is 11.6 Å². The number of likely N-dealkylation sites (tertiary alicyclic amines) is 1. The molecule has 1 aromatic heterocycles. The number of carbonyl (C=O) groups excluding carboxylic acids is 1. The van der Waals surface area contributed by atoms with E-state index in [-0.39, 0.29) is 11.3 Å². The summed E-state index contributed by atoms with van der Waals surface area (Å²) in [7, 11) is 0. The van der Waals surface area contributed by atoms with Crippen molar-refractivity contribution in [3.63, 3.8) is 0 Å². The van der Waals surface area contributed by atoms with Gasteiger partial charge in [-0.2, -0.15) is 0 Å². The number of aromatic nitrogens is 1. The van der Waals surface area contributed by atoms with Crippen molar-refractivity contribution in [2.24, 2.45) is 0 Å². The summed E-state index contributed by atoms with van der Waals surface area (Å²) in [5, 5.41) is 0.228. The lowest BCUT2D eigenvalue weighted by atomic mass is 10.1. The van der Waals surface area contributed by atoms with E-state index >= 15 is 0 Å². The third kappa shape index (κ3) is 2.48. The summed E-state index contributed by atoms with van der Waals surface area (Å²) in [5.41, 5.74) is 0.707. The molecule has 0 aliphatic carbocycles. The summed E-state index contributed by atoms with van der Waals surface area (Å²) >= 11 is 5.98. The van der Waals surface area contributed by atoms with Crippen LogP contribution in [0.3, 0.4) is 0 Å². The highest BCUT2D eigenvalue weighted by Crippen LogP contribution is 2.17. The largest absolute Gasteiger partial charge is 0.339 e. The second-order valence-electron chi connectivity index (χ2n) is 3.70. The molecule has 80 valence electrons. The van der Waals surface area contributed by atoms with Crippen LogP contribution in [0.25, 0.3) is 0 Å². The molecule has 0 radical (unpaired) electrons. The number of halogens is 1. The van der Waals surface area contributed by atoms with Crippen molar-refractivity contribution >= 4 is 17.5 Å². The fraction of sp³-hybridized carbons (Fsp3) is 0.455. The van der Waals surface area contributed by atoms with Gasteiger partial charge in [0.1, 0.15) is 0 Å². The van der Waals surface area contributed by atoms with E-state index in [1.54, 1.807) is 24.5 Å². The van der Waals surface area contributed by atoms with E-state index in [0.717, 1.165) is 25.9 Å². The van der Waals surface area contributed by atoms with Gasteiger partial charge in [0.2, 0.25) is 0 Å². The normalized spacial score (nSPS) is 17.8. The second-order valence-corrected chi connectivity index (χ2v) is 4.32. The average molecular weight is 225 g/mol. The van der Waals surface area contributed by atoms with Gasteiger partial charge in [-0.25, -0.2) is 0 Å². The molecule has 0 spiro atoms. The first kappa shape index (κ1) is 10.4. The van der Waals surface area contributed by atoms with E-state index in [1.807, 2.05) is 4.90 Å². The van der Waals surface area contributed by atoms with E-state index in [2.05, 4.69) is 4.98 Å². The number of alkyl halides is 1. The Morgan fingerprint density at radius 2 is 1.93 bits per heavy atom. The van der Waals surface area contributed by atoms with Gasteiger partial charge in [0.05, 0.1) is 0 Å². The summed E-state index contributed by atoms with van der Waals surface area (Å²) in [5.74, 6) is 0.0842. The van der Waals surface area contributed by atoms with Crippen LogP contribution >= 0.6 is 11.6 Å². The van der Waals surface area contributed by atoms with Gasteiger partial charge in [0, 0.05) is 36.4 Å². The second kappa shape index (κ2) is 4.62. The van der Waals surface area contributed by atoms with E-state index < -0.39 is 0 Å². The Hall–Kier alpha value is -1.09. The number of piperidine rings is 1. The zero-order valence-electron chi connectivity index (χ0n) is 8.40. The van der Waals surface area contributed by atoms with Crippen molar-refractivity contribution in [2.45, 2.75) is 18.2 Å². The third-order valence-electron chi connectivity index (χ3n) is 2.64. The van der Waals surface area contributed by atoms with Crippen LogP contribution in [-0.4, -0.2) is 34.3 Å². The van der Waals surface area contributed by atoms with Gasteiger partial charge in [0.15, 0.2) is 0 Å². The van der Waals surface area contributed by atoms with E-state index in [9.17, 15) is 4.79 Å². The lowest BCUT2D eigenvalue weighted by Gasteiger charge is -2.29. The van der Waals surface area contributed by atoms with Crippen molar-refractivity contribution in [1.29, 1.82) is 0 Å². The third-order valence-corrected chi connectivity index (χ3v) is 3.08. The molecule has 4 heteroatoms. The number of nitrogens with zero attached hydrogens (tertiary/aromatic N) is 2. The Kier molecular flexibility index (Phi) is 3.21. The minimum absolute atomic E-state index is 0.0842. The smallest absolute Gasteiger partial charge is 0.253 e. The molecule has 0 aromatic carbocycles. The van der Waals surface area contributed by atoms with Crippen molar-refractivity contribution in [1.82, 2.24) is 9.88 Å². The Balaban J connectivity index is 2.03. The van der Waals surface area contributed by atoms with Crippen molar-refractivity contribution < 1.29 is 4.79 Å². The van der Waals surface area contributed by atoms with Gasteiger partial charge >= 0.3 is 0 Å². The molecular weight excluding hydrogens is 212 g/mol. The summed E-state index contributed by atoms with van der Waals surface area (Å²) in [6.07, 6.45) is 5.06. The molecule has 1 fully saturated rings. The van der Waals surface area contributed by atoms with Gasteiger partial charge in [-0.1, -0.05) is 0 Å². The Morgan fingerprint density at radius 3 is 2.53 bits per heavy atom. The molecular formula is C11H13ClN2O. The first-order valence-electron chi connectivity index (χ1n) is 5.11. The summed E-state index contributed by atoms with van der Waals surface area (Å²) in [6.45, 7) is 1.52. The standard InChI is InChI=1S/C11H13ClN2O/c12-10-3-7-14(8-4-10)11(15)9-1-5-13-6-2-9/h1-2,5-6,10H,3-4,7-8H2. The van der Waals surface area contributed by atoms with Crippen LogP contribution in [0.2, 0.25) is 0 Å². The highest BCUT2D eigenvalue weighted by Gasteiger charge is 2.21. The number of amides is 1. The van der Waals surface area contributed by atoms with Crippen molar-refractivity contribution in [3.05, 3.63) is 30.1 Å². The molecule has 0 N–H and O–H groups in total. The van der Waals surface area contributed by atoms with Gasteiger partial charge in [-0.3, -0.25) is 9.78 Å². The Bertz CT molecular complexity index is 334. The maximum Gasteiger partial charge on any atom is 0.253 e. The maximum atomic E-state index is 12.0. The number of hydrogen-bond donors (Lipinski definition) is 0. The van der Waals surface area contributed by atoms with Crippen LogP contribution in [0.15, 0.2) is 24.5 Å². The van der Waals surface area contributed by atoms with Gasteiger partial charge in [0.25, 0.3) is 5.91 Å². The van der Waals surface area contributed by atoms with E-state index in [0.29, 0.717) is 5.56 Å². The molecule has 0 unspecified atom stereocenters. The van der Waals surface area contributed by atoms with Gasteiger partial charge < -0.3 is 4.90 Å². The molecule has 0 atom stereocenters. The molecule has 0 bridgehead atoms. The molecule has 1 saturated heterocycles. The van der Waals surface area contributed by atoms with Crippen LogP contribution in [0.4, 0.5) is 0 Å². The van der Waals surface area contributed by atoms with Crippen molar-refractivity contribution in [3.8, 4) is 0 Å². The first-order chi connectivity index (χ1) is 7.27. The van der Waals surface area contributed by atoms with Gasteiger partial charge in [-0.05, 0) is 25.0 Å². The highest BCUT2D eigenvalue weighted by molar-refractivity contribution is 6.20. The zero-order valence-corrected chi connectivity index (χ0v) is 9.15. The summed E-state index contributed by atoms with van der Waals surface area (Å²) < 4.78 is 0. The number of pyridine rings is 1. The SMILES string of the molecule is O=C(c1ccncc1)N1CCC(Cl)CC1. The molecule has 2 rings (SSSR count). The topological polar surface area (TPSA) is 33.2 Å². The molecule has 1 aliphatic heterocycles. The molecule has 1 aromatic rings. The Morgan fingerprint density at radius 1 is 1.33 bits per heavy atom. The number of hydrogen-bond acceptors (Lipinski definition) is 2. The zero-order chi connectivity index (χ0) is 10.7. The number of carbonyl (C=O) groups is 1. The molecule has 0 saturated carbocycles. The maximum absolute atomic E-state index is 12.0. The Labute approximate surface area is 94.1 Å². The fourth-order valence-electron chi connectivity index (χ4n) is 1.73. The van der Waals surface area contributed by atoms with Crippen LogP contribution < -0.4 is 0 Å². The van der Waals surface area contributed by atoms with Gasteiger partial charge in [-0.15, -0.1) is 11.6 Å². The van der Waals surface area contributed by atoms with Crippen LogP contribution in [-0.2, 0) is 0 Å². The average Bonchev–Trinajstić information content (AvgIpc) is 2.30. The fourth-order valence-corrected chi connectivity index (χ4v) is 1.92. The number of rotatable bonds is 1. The molecule has 3 nitrogen and oxygen atoms in total. The quantitative estimate of drug-likeness (QED) is 0.683. The predicted molar refractivity (Wildman–Crippen MR) is 59.0 cm³/mol. The summed E-state index contributed by atoms with van der Waals surface area (Å²) in [4.78, 5) is 17.7. The minimum Gasteiger partial charge on any atom is -0.339 e. The lowest BCUT2D eigenvalue weighted by Crippen LogP contribution is -2.38. The monoisotopic (exact) mass is 224 g/mol. The van der Waals surface area contributed by atoms with E-state index in [1.165, 1.54) is 0 Å². The first-order valence-corrected chi connectivity index (χ1v) is 5.54. The predicted octanol–water partition coefficient (Wildman–Crippen LogP) is 1.93. The summed E-state index contributed by atoms with van der Waals surface area (Å²) in [6, 6.07) is 3.49. The minimum atomic E-state index is 0.0842. The molecule has 15 heavy (non-hydrogen) atoms. The lowest BCUT2D eigenvalue weighted by molar-refractivity contribution is 0.0726. The van der Waals surface area contributed by atoms with Crippen LogP contribution in [0.1, 0.15) is 23.2 Å².